The molecule has 4 nitrogen and oxygen atoms in total. The van der Waals surface area contributed by atoms with Gasteiger partial charge in [-0.1, -0.05) is 57.2 Å². The van der Waals surface area contributed by atoms with E-state index < -0.39 is 0 Å². The molecule has 0 N–H and O–H groups in total. The predicted molar refractivity (Wildman–Crippen MR) is 124 cm³/mol. The van der Waals surface area contributed by atoms with Gasteiger partial charge in [0, 0.05) is 11.6 Å². The minimum Gasteiger partial charge on any atom is -0.488 e. The summed E-state index contributed by atoms with van der Waals surface area (Å²) in [6.07, 6.45) is 6.21. The molecule has 1 aliphatic carbocycles. The molecule has 0 spiro atoms. The summed E-state index contributed by atoms with van der Waals surface area (Å²) in [5.74, 6) is 1.38. The first-order valence-corrected chi connectivity index (χ1v) is 11.3. The minimum absolute atomic E-state index is 0.0534. The number of nitrogens with zero attached hydrogens (tertiary/aromatic N) is 1. The maximum Gasteiger partial charge on any atom is 0.326 e. The average molecular weight is 420 g/mol. The third kappa shape index (κ3) is 5.30. The van der Waals surface area contributed by atoms with Crippen LogP contribution in [0.15, 0.2) is 60.8 Å². The van der Waals surface area contributed by atoms with Gasteiger partial charge in [-0.25, -0.2) is 0 Å². The molecule has 0 aliphatic heterocycles. The molecular weight excluding hydrogens is 386 g/mol. The summed E-state index contributed by atoms with van der Waals surface area (Å²) in [6, 6.07) is 18.1. The molecule has 3 aromatic rings. The lowest BCUT2D eigenvalue weighted by atomic mass is 9.72. The van der Waals surface area contributed by atoms with E-state index in [-0.39, 0.29) is 18.6 Å². The zero-order valence-electron chi connectivity index (χ0n) is 18.8. The van der Waals surface area contributed by atoms with Crippen LogP contribution in [0.4, 0.5) is 0 Å². The molecule has 31 heavy (non-hydrogen) atoms. The fourth-order valence-corrected chi connectivity index (χ4v) is 4.60. The van der Waals surface area contributed by atoms with Crippen molar-refractivity contribution in [3.8, 4) is 5.75 Å². The van der Waals surface area contributed by atoms with Crippen LogP contribution in [0.2, 0.25) is 0 Å². The van der Waals surface area contributed by atoms with Crippen molar-refractivity contribution in [1.29, 1.82) is 0 Å². The van der Waals surface area contributed by atoms with E-state index in [0.717, 1.165) is 47.9 Å². The highest BCUT2D eigenvalue weighted by atomic mass is 16.5. The van der Waals surface area contributed by atoms with Crippen LogP contribution in [-0.4, -0.2) is 16.6 Å². The second-order valence-electron chi connectivity index (χ2n) is 9.74. The highest BCUT2D eigenvalue weighted by Gasteiger charge is 2.31. The van der Waals surface area contributed by atoms with Gasteiger partial charge in [0.25, 0.3) is 0 Å². The molecule has 0 radical (unpaired) electrons. The molecule has 1 aromatic heterocycles. The Kier molecular flexibility index (Phi) is 6.35. The van der Waals surface area contributed by atoms with E-state index in [1.807, 2.05) is 53.2 Å². The third-order valence-corrected chi connectivity index (χ3v) is 6.51. The number of carbonyl (C=O) groups excluding carboxylic acids is 1. The Morgan fingerprint density at radius 2 is 1.71 bits per heavy atom. The molecule has 0 amide bonds. The van der Waals surface area contributed by atoms with Gasteiger partial charge in [-0.2, -0.15) is 0 Å². The standard InChI is InChI=1S/C27H33NO3/c1-27(2,3)21-12-14-22(15-13-21)31-26(29)18-28-17-16-23-24(28)10-7-11-25(23)30-19-20-8-5-4-6-9-20/h4-11,16-17,21-22H,12-15,18-19H2,1-3H3. The van der Waals surface area contributed by atoms with Crippen LogP contribution < -0.4 is 4.74 Å². The van der Waals surface area contributed by atoms with Gasteiger partial charge in [0.1, 0.15) is 25.0 Å². The summed E-state index contributed by atoms with van der Waals surface area (Å²) in [5.41, 5.74) is 2.45. The molecule has 0 saturated heterocycles. The molecule has 4 rings (SSSR count). The first kappa shape index (κ1) is 21.5. The maximum absolute atomic E-state index is 12.6. The smallest absolute Gasteiger partial charge is 0.326 e. The van der Waals surface area contributed by atoms with Gasteiger partial charge >= 0.3 is 5.97 Å². The highest BCUT2D eigenvalue weighted by Crippen LogP contribution is 2.38. The number of esters is 1. The van der Waals surface area contributed by atoms with Crippen LogP contribution in [0.5, 0.6) is 5.75 Å². The number of fused-ring (bicyclic) bond motifs is 1. The fourth-order valence-electron chi connectivity index (χ4n) is 4.60. The highest BCUT2D eigenvalue weighted by molar-refractivity contribution is 5.87. The zero-order chi connectivity index (χ0) is 21.8. The Bertz CT molecular complexity index is 1010. The Labute approximate surface area is 185 Å². The summed E-state index contributed by atoms with van der Waals surface area (Å²) in [6.45, 7) is 7.66. The Balaban J connectivity index is 1.36. The molecule has 2 aromatic carbocycles. The second-order valence-corrected chi connectivity index (χ2v) is 9.74. The fraction of sp³-hybridized carbons (Fsp3) is 0.444. The molecule has 4 heteroatoms. The van der Waals surface area contributed by atoms with Gasteiger partial charge < -0.3 is 14.0 Å². The largest absolute Gasteiger partial charge is 0.488 e. The lowest BCUT2D eigenvalue weighted by molar-refractivity contribution is -0.152. The quantitative estimate of drug-likeness (QED) is 0.436. The van der Waals surface area contributed by atoms with Gasteiger partial charge in [-0.15, -0.1) is 0 Å². The van der Waals surface area contributed by atoms with E-state index >= 15 is 0 Å². The monoisotopic (exact) mass is 419 g/mol. The molecule has 0 unspecified atom stereocenters. The van der Waals surface area contributed by atoms with E-state index in [0.29, 0.717) is 17.9 Å². The number of aromatic nitrogens is 1. The Morgan fingerprint density at radius 3 is 2.42 bits per heavy atom. The third-order valence-electron chi connectivity index (χ3n) is 6.51. The molecule has 1 saturated carbocycles. The number of carbonyl (C=O) groups is 1. The normalized spacial score (nSPS) is 19.3. The molecular formula is C27H33NO3. The van der Waals surface area contributed by atoms with Crippen molar-refractivity contribution in [2.45, 2.75) is 65.7 Å². The Hall–Kier alpha value is -2.75. The van der Waals surface area contributed by atoms with Gasteiger partial charge in [0.05, 0.1) is 5.52 Å². The molecule has 1 aliphatic rings. The van der Waals surface area contributed by atoms with Crippen molar-refractivity contribution in [2.75, 3.05) is 0 Å². The first-order valence-electron chi connectivity index (χ1n) is 11.3. The van der Waals surface area contributed by atoms with Crippen LogP contribution >= 0.6 is 0 Å². The van der Waals surface area contributed by atoms with Crippen molar-refractivity contribution < 1.29 is 14.3 Å². The number of hydrogen-bond donors (Lipinski definition) is 0. The first-order chi connectivity index (χ1) is 14.9. The minimum atomic E-state index is -0.160. The topological polar surface area (TPSA) is 40.5 Å². The molecule has 0 atom stereocenters. The zero-order valence-corrected chi connectivity index (χ0v) is 18.8. The SMILES string of the molecule is CC(C)(C)C1CCC(OC(=O)Cn2ccc3c(OCc4ccccc4)cccc32)CC1. The number of ether oxygens (including phenoxy) is 2. The average Bonchev–Trinajstić information content (AvgIpc) is 3.16. The van der Waals surface area contributed by atoms with Crippen LogP contribution in [0.1, 0.15) is 52.0 Å². The van der Waals surface area contributed by atoms with Crippen LogP contribution in [0.3, 0.4) is 0 Å². The van der Waals surface area contributed by atoms with E-state index in [1.54, 1.807) is 0 Å². The van der Waals surface area contributed by atoms with Crippen molar-refractivity contribution >= 4 is 16.9 Å². The van der Waals surface area contributed by atoms with Crippen molar-refractivity contribution in [2.24, 2.45) is 11.3 Å². The van der Waals surface area contributed by atoms with Gasteiger partial charge in [-0.3, -0.25) is 4.79 Å². The van der Waals surface area contributed by atoms with Gasteiger partial charge in [0.15, 0.2) is 0 Å². The lowest BCUT2D eigenvalue weighted by Gasteiger charge is -2.36. The summed E-state index contributed by atoms with van der Waals surface area (Å²) >= 11 is 0. The van der Waals surface area contributed by atoms with E-state index in [1.165, 1.54) is 0 Å². The second kappa shape index (κ2) is 9.17. The molecule has 1 fully saturated rings. The number of hydrogen-bond acceptors (Lipinski definition) is 3. The van der Waals surface area contributed by atoms with Crippen LogP contribution in [0, 0.1) is 11.3 Å². The number of rotatable bonds is 6. The van der Waals surface area contributed by atoms with E-state index in [9.17, 15) is 4.79 Å². The molecule has 1 heterocycles. The maximum atomic E-state index is 12.6. The van der Waals surface area contributed by atoms with Gasteiger partial charge in [0.2, 0.25) is 0 Å². The lowest BCUT2D eigenvalue weighted by Crippen LogP contribution is -2.31. The predicted octanol–water partition coefficient (Wildman–Crippen LogP) is 6.37. The molecule has 0 bridgehead atoms. The van der Waals surface area contributed by atoms with Crippen molar-refractivity contribution in [3.05, 3.63) is 66.4 Å². The summed E-state index contributed by atoms with van der Waals surface area (Å²) in [7, 11) is 0. The van der Waals surface area contributed by atoms with Crippen molar-refractivity contribution in [1.82, 2.24) is 4.57 Å². The Morgan fingerprint density at radius 1 is 0.968 bits per heavy atom. The van der Waals surface area contributed by atoms with Crippen molar-refractivity contribution in [3.63, 3.8) is 0 Å². The summed E-state index contributed by atoms with van der Waals surface area (Å²) in [4.78, 5) is 12.6. The summed E-state index contributed by atoms with van der Waals surface area (Å²) in [5, 5.41) is 1.01. The molecule has 164 valence electrons. The van der Waals surface area contributed by atoms with Gasteiger partial charge in [-0.05, 0) is 60.8 Å². The van der Waals surface area contributed by atoms with E-state index in [4.69, 9.17) is 9.47 Å². The summed E-state index contributed by atoms with van der Waals surface area (Å²) < 4.78 is 13.8. The van der Waals surface area contributed by atoms with Crippen LogP contribution in [0.25, 0.3) is 10.9 Å². The van der Waals surface area contributed by atoms with Crippen LogP contribution in [-0.2, 0) is 22.7 Å². The number of benzene rings is 2. The van der Waals surface area contributed by atoms with E-state index in [2.05, 4.69) is 32.9 Å².